The fourth-order valence-electron chi connectivity index (χ4n) is 2.03. The van der Waals surface area contributed by atoms with Crippen molar-refractivity contribution in [2.24, 2.45) is 0 Å². The Kier molecular flexibility index (Phi) is 5.15. The Balaban J connectivity index is 2.06. The van der Waals surface area contributed by atoms with Gasteiger partial charge in [0, 0.05) is 11.6 Å². The van der Waals surface area contributed by atoms with Crippen LogP contribution in [0.15, 0.2) is 42.5 Å². The number of carbonyl (C=O) groups is 1. The first kappa shape index (κ1) is 17.1. The third kappa shape index (κ3) is 4.89. The number of alkyl halides is 3. The van der Waals surface area contributed by atoms with E-state index in [0.717, 1.165) is 23.3 Å². The third-order valence-corrected chi connectivity index (χ3v) is 3.31. The maximum atomic E-state index is 12.9. The Hall–Kier alpha value is -2.21. The average Bonchev–Trinajstić information content (AvgIpc) is 2.46. The number of nitrogens with one attached hydrogen (secondary N) is 2. The minimum atomic E-state index is -4.61. The average molecular weight is 343 g/mol. The molecule has 2 aromatic carbocycles. The van der Waals surface area contributed by atoms with Gasteiger partial charge in [-0.3, -0.25) is 0 Å². The lowest BCUT2D eigenvalue weighted by Gasteiger charge is -2.14. The van der Waals surface area contributed by atoms with Crippen molar-refractivity contribution in [3.05, 3.63) is 64.2 Å². The summed E-state index contributed by atoms with van der Waals surface area (Å²) in [5.41, 5.74) is 0.549. The van der Waals surface area contributed by atoms with Crippen LogP contribution in [0.5, 0.6) is 0 Å². The Bertz CT molecular complexity index is 717. The fraction of sp³-hybridized carbons (Fsp3) is 0.188. The van der Waals surface area contributed by atoms with Gasteiger partial charge in [0.2, 0.25) is 0 Å². The molecule has 23 heavy (non-hydrogen) atoms. The molecule has 0 aliphatic rings. The van der Waals surface area contributed by atoms with Crippen molar-refractivity contribution in [3.8, 4) is 0 Å². The van der Waals surface area contributed by atoms with Gasteiger partial charge < -0.3 is 10.6 Å². The second-order valence-electron chi connectivity index (χ2n) is 4.98. The van der Waals surface area contributed by atoms with Crippen LogP contribution in [0.25, 0.3) is 0 Å². The van der Waals surface area contributed by atoms with E-state index in [2.05, 4.69) is 10.6 Å². The van der Waals surface area contributed by atoms with Gasteiger partial charge in [0.25, 0.3) is 0 Å². The highest BCUT2D eigenvalue weighted by atomic mass is 35.5. The van der Waals surface area contributed by atoms with Crippen LogP contribution in [0, 0.1) is 6.92 Å². The molecule has 0 bridgehead atoms. The Labute approximate surface area is 136 Å². The number of halogens is 4. The smallest absolute Gasteiger partial charge is 0.334 e. The molecule has 0 unspecified atom stereocenters. The molecule has 0 saturated heterocycles. The lowest BCUT2D eigenvalue weighted by molar-refractivity contribution is -0.136. The topological polar surface area (TPSA) is 41.1 Å². The van der Waals surface area contributed by atoms with Crippen LogP contribution in [-0.2, 0) is 12.7 Å². The molecule has 7 heteroatoms. The van der Waals surface area contributed by atoms with E-state index in [1.54, 1.807) is 0 Å². The predicted octanol–water partition coefficient (Wildman–Crippen LogP) is 4.99. The summed E-state index contributed by atoms with van der Waals surface area (Å²) in [5.74, 6) is 0. The van der Waals surface area contributed by atoms with Crippen molar-refractivity contribution >= 4 is 23.3 Å². The van der Waals surface area contributed by atoms with E-state index in [-0.39, 0.29) is 17.3 Å². The van der Waals surface area contributed by atoms with Crippen LogP contribution in [0.4, 0.5) is 23.7 Å². The molecule has 0 heterocycles. The molecule has 0 atom stereocenters. The Morgan fingerprint density at radius 1 is 1.17 bits per heavy atom. The van der Waals surface area contributed by atoms with Gasteiger partial charge >= 0.3 is 12.2 Å². The van der Waals surface area contributed by atoms with E-state index in [1.165, 1.54) is 6.07 Å². The highest BCUT2D eigenvalue weighted by Gasteiger charge is 2.34. The molecule has 0 aliphatic carbocycles. The molecule has 122 valence electrons. The molecule has 2 amide bonds. The molecule has 0 saturated carbocycles. The SMILES string of the molecule is Cc1cccc(CNC(=O)Nc2ccc(Cl)cc2C(F)(F)F)c1. The summed E-state index contributed by atoms with van der Waals surface area (Å²) in [7, 11) is 0. The number of hydrogen-bond acceptors (Lipinski definition) is 1. The van der Waals surface area contributed by atoms with Crippen molar-refractivity contribution in [1.82, 2.24) is 5.32 Å². The van der Waals surface area contributed by atoms with Gasteiger partial charge in [0.1, 0.15) is 0 Å². The summed E-state index contributed by atoms with van der Waals surface area (Å²) >= 11 is 5.59. The number of anilines is 1. The summed E-state index contributed by atoms with van der Waals surface area (Å²) in [5, 5.41) is 4.67. The summed E-state index contributed by atoms with van der Waals surface area (Å²) in [6.45, 7) is 2.12. The van der Waals surface area contributed by atoms with Crippen LogP contribution < -0.4 is 10.6 Å². The molecular weight excluding hydrogens is 329 g/mol. The van der Waals surface area contributed by atoms with Gasteiger partial charge in [0.15, 0.2) is 0 Å². The molecule has 2 rings (SSSR count). The van der Waals surface area contributed by atoms with Crippen LogP contribution in [-0.4, -0.2) is 6.03 Å². The number of carbonyl (C=O) groups excluding carboxylic acids is 1. The molecular formula is C16H14ClF3N2O. The zero-order valence-electron chi connectivity index (χ0n) is 12.2. The first-order valence-corrected chi connectivity index (χ1v) is 7.10. The molecule has 2 N–H and O–H groups in total. The van der Waals surface area contributed by atoms with Crippen molar-refractivity contribution in [2.45, 2.75) is 19.6 Å². The highest BCUT2D eigenvalue weighted by molar-refractivity contribution is 6.30. The van der Waals surface area contributed by atoms with Gasteiger partial charge in [-0.15, -0.1) is 0 Å². The maximum absolute atomic E-state index is 12.9. The number of benzene rings is 2. The molecule has 0 aromatic heterocycles. The number of aryl methyl sites for hydroxylation is 1. The van der Waals surface area contributed by atoms with E-state index >= 15 is 0 Å². The second kappa shape index (κ2) is 6.91. The van der Waals surface area contributed by atoms with Crippen LogP contribution in [0.2, 0.25) is 5.02 Å². The van der Waals surface area contributed by atoms with Gasteiger partial charge in [-0.2, -0.15) is 13.2 Å². The number of rotatable bonds is 3. The Morgan fingerprint density at radius 2 is 1.91 bits per heavy atom. The molecule has 0 aliphatic heterocycles. The molecule has 0 fully saturated rings. The van der Waals surface area contributed by atoms with Gasteiger partial charge in [-0.1, -0.05) is 41.4 Å². The number of urea groups is 1. The third-order valence-electron chi connectivity index (χ3n) is 3.07. The van der Waals surface area contributed by atoms with E-state index in [9.17, 15) is 18.0 Å². The second-order valence-corrected chi connectivity index (χ2v) is 5.42. The van der Waals surface area contributed by atoms with E-state index < -0.39 is 17.8 Å². The first-order valence-electron chi connectivity index (χ1n) is 6.73. The van der Waals surface area contributed by atoms with Crippen molar-refractivity contribution in [2.75, 3.05) is 5.32 Å². The van der Waals surface area contributed by atoms with E-state index in [1.807, 2.05) is 31.2 Å². The molecule has 2 aromatic rings. The summed E-state index contributed by atoms with van der Waals surface area (Å²) in [4.78, 5) is 11.8. The quantitative estimate of drug-likeness (QED) is 0.810. The van der Waals surface area contributed by atoms with Gasteiger partial charge in [-0.05, 0) is 30.7 Å². The van der Waals surface area contributed by atoms with Gasteiger partial charge in [0.05, 0.1) is 11.3 Å². The van der Waals surface area contributed by atoms with Crippen LogP contribution >= 0.6 is 11.6 Å². The van der Waals surface area contributed by atoms with Crippen LogP contribution in [0.1, 0.15) is 16.7 Å². The number of amides is 2. The lowest BCUT2D eigenvalue weighted by Crippen LogP contribution is -2.29. The molecule has 3 nitrogen and oxygen atoms in total. The largest absolute Gasteiger partial charge is 0.418 e. The van der Waals surface area contributed by atoms with Gasteiger partial charge in [-0.25, -0.2) is 4.79 Å². The monoisotopic (exact) mass is 342 g/mol. The summed E-state index contributed by atoms with van der Waals surface area (Å²) in [6.07, 6.45) is -4.61. The van der Waals surface area contributed by atoms with Crippen molar-refractivity contribution < 1.29 is 18.0 Å². The summed E-state index contributed by atoms with van der Waals surface area (Å²) < 4.78 is 38.8. The minimum absolute atomic E-state index is 0.0527. The minimum Gasteiger partial charge on any atom is -0.334 e. The summed E-state index contributed by atoms with van der Waals surface area (Å²) in [6, 6.07) is 9.90. The zero-order chi connectivity index (χ0) is 17.0. The normalized spacial score (nSPS) is 11.2. The highest BCUT2D eigenvalue weighted by Crippen LogP contribution is 2.36. The zero-order valence-corrected chi connectivity index (χ0v) is 12.9. The standard InChI is InChI=1S/C16H14ClF3N2O/c1-10-3-2-4-11(7-10)9-21-15(23)22-14-6-5-12(17)8-13(14)16(18,19)20/h2-8H,9H2,1H3,(H2,21,22,23). The van der Waals surface area contributed by atoms with E-state index in [0.29, 0.717) is 0 Å². The Morgan fingerprint density at radius 3 is 2.57 bits per heavy atom. The van der Waals surface area contributed by atoms with Crippen molar-refractivity contribution in [3.63, 3.8) is 0 Å². The number of hydrogen-bond donors (Lipinski definition) is 2. The van der Waals surface area contributed by atoms with Crippen LogP contribution in [0.3, 0.4) is 0 Å². The maximum Gasteiger partial charge on any atom is 0.418 e. The molecule has 0 radical (unpaired) electrons. The van der Waals surface area contributed by atoms with E-state index in [4.69, 9.17) is 11.6 Å². The lowest BCUT2D eigenvalue weighted by atomic mass is 10.1. The fourth-order valence-corrected chi connectivity index (χ4v) is 2.20. The predicted molar refractivity (Wildman–Crippen MR) is 83.5 cm³/mol. The van der Waals surface area contributed by atoms with Crippen molar-refractivity contribution in [1.29, 1.82) is 0 Å². The first-order chi connectivity index (χ1) is 10.8. The molecule has 0 spiro atoms.